The van der Waals surface area contributed by atoms with Crippen molar-refractivity contribution in [2.45, 2.75) is 0 Å². The van der Waals surface area contributed by atoms with Crippen molar-refractivity contribution >= 4 is 39.8 Å². The van der Waals surface area contributed by atoms with Crippen LogP contribution in [-0.4, -0.2) is 58.6 Å². The van der Waals surface area contributed by atoms with E-state index in [4.69, 9.17) is 23.9 Å². The highest BCUT2D eigenvalue weighted by Crippen LogP contribution is 2.35. The third kappa shape index (κ3) is 3.60. The molecule has 2 N–H and O–H groups in total. The van der Waals surface area contributed by atoms with Crippen LogP contribution in [0.3, 0.4) is 0 Å². The number of aromatic nitrogens is 5. The SMILES string of the molecule is COc1ccc2c(n1)oc1c(N3CCOCC3)nc(Nc3cc(-c4ccccc4)n[nH]3)nc12. The van der Waals surface area contributed by atoms with E-state index in [2.05, 4.69) is 25.4 Å². The summed E-state index contributed by atoms with van der Waals surface area (Å²) in [5.41, 5.74) is 3.58. The number of furan rings is 1. The van der Waals surface area contributed by atoms with Crippen LogP contribution in [0.5, 0.6) is 5.88 Å². The third-order valence-corrected chi connectivity index (χ3v) is 5.55. The second-order valence-electron chi connectivity index (χ2n) is 7.61. The summed E-state index contributed by atoms with van der Waals surface area (Å²) in [7, 11) is 1.58. The van der Waals surface area contributed by atoms with Crippen LogP contribution in [-0.2, 0) is 4.74 Å². The van der Waals surface area contributed by atoms with Gasteiger partial charge in [0.2, 0.25) is 17.5 Å². The quantitative estimate of drug-likeness (QED) is 0.419. The summed E-state index contributed by atoms with van der Waals surface area (Å²) >= 11 is 0. The van der Waals surface area contributed by atoms with Gasteiger partial charge in [-0.25, -0.2) is 4.98 Å². The lowest BCUT2D eigenvalue weighted by atomic mass is 10.2. The van der Waals surface area contributed by atoms with Crippen molar-refractivity contribution in [2.24, 2.45) is 0 Å². The van der Waals surface area contributed by atoms with Crippen molar-refractivity contribution in [1.29, 1.82) is 0 Å². The maximum Gasteiger partial charge on any atom is 0.232 e. The Bertz CT molecular complexity index is 1420. The van der Waals surface area contributed by atoms with Gasteiger partial charge in [0.25, 0.3) is 0 Å². The maximum absolute atomic E-state index is 6.10. The number of rotatable bonds is 5. The van der Waals surface area contributed by atoms with E-state index in [1.54, 1.807) is 13.2 Å². The highest BCUT2D eigenvalue weighted by Gasteiger charge is 2.23. The predicted octanol–water partition coefficient (Wildman–Crippen LogP) is 3.75. The lowest BCUT2D eigenvalue weighted by molar-refractivity contribution is 0.122. The molecule has 33 heavy (non-hydrogen) atoms. The summed E-state index contributed by atoms with van der Waals surface area (Å²) in [5, 5.41) is 11.5. The van der Waals surface area contributed by atoms with Crippen LogP contribution in [0.4, 0.5) is 17.6 Å². The Hall–Kier alpha value is -4.18. The van der Waals surface area contributed by atoms with Crippen LogP contribution in [0.25, 0.3) is 33.5 Å². The molecular formula is C23H21N7O3. The summed E-state index contributed by atoms with van der Waals surface area (Å²) in [6.45, 7) is 2.67. The molecule has 1 aliphatic heterocycles. The van der Waals surface area contributed by atoms with Crippen LogP contribution >= 0.6 is 0 Å². The summed E-state index contributed by atoms with van der Waals surface area (Å²) < 4.78 is 16.9. The van der Waals surface area contributed by atoms with Gasteiger partial charge < -0.3 is 24.1 Å². The van der Waals surface area contributed by atoms with Gasteiger partial charge in [-0.1, -0.05) is 30.3 Å². The summed E-state index contributed by atoms with van der Waals surface area (Å²) in [6, 6.07) is 15.6. The summed E-state index contributed by atoms with van der Waals surface area (Å²) in [6.07, 6.45) is 0. The van der Waals surface area contributed by atoms with Gasteiger partial charge in [0, 0.05) is 30.8 Å². The zero-order chi connectivity index (χ0) is 22.2. The molecule has 0 spiro atoms. The first-order valence-corrected chi connectivity index (χ1v) is 10.6. The van der Waals surface area contributed by atoms with Crippen molar-refractivity contribution in [3.05, 3.63) is 48.5 Å². The van der Waals surface area contributed by atoms with E-state index in [1.165, 1.54) is 0 Å². The second-order valence-corrected chi connectivity index (χ2v) is 7.61. The molecule has 0 amide bonds. The lowest BCUT2D eigenvalue weighted by Crippen LogP contribution is -2.37. The number of ether oxygens (including phenoxy) is 2. The van der Waals surface area contributed by atoms with Crippen LogP contribution < -0.4 is 15.0 Å². The van der Waals surface area contributed by atoms with E-state index in [0.717, 1.165) is 16.6 Å². The summed E-state index contributed by atoms with van der Waals surface area (Å²) in [4.78, 5) is 16.1. The highest BCUT2D eigenvalue weighted by atomic mass is 16.5. The van der Waals surface area contributed by atoms with Crippen LogP contribution in [0, 0.1) is 0 Å². The predicted molar refractivity (Wildman–Crippen MR) is 124 cm³/mol. The van der Waals surface area contributed by atoms with Crippen LogP contribution in [0.2, 0.25) is 0 Å². The number of nitrogens with zero attached hydrogens (tertiary/aromatic N) is 5. The van der Waals surface area contributed by atoms with Gasteiger partial charge in [-0.2, -0.15) is 15.1 Å². The Labute approximate surface area is 188 Å². The first-order chi connectivity index (χ1) is 16.3. The first-order valence-electron chi connectivity index (χ1n) is 10.6. The van der Waals surface area contributed by atoms with Crippen molar-refractivity contribution in [1.82, 2.24) is 25.1 Å². The molecule has 0 atom stereocenters. The molecule has 0 radical (unpaired) electrons. The highest BCUT2D eigenvalue weighted by molar-refractivity contribution is 6.05. The number of methoxy groups -OCH3 is 1. The first kappa shape index (κ1) is 19.5. The zero-order valence-corrected chi connectivity index (χ0v) is 17.9. The molecule has 0 saturated carbocycles. The summed E-state index contributed by atoms with van der Waals surface area (Å²) in [5.74, 6) is 2.30. The number of nitrogens with one attached hydrogen (secondary N) is 2. The van der Waals surface area contributed by atoms with Gasteiger partial charge in [0.1, 0.15) is 11.3 Å². The van der Waals surface area contributed by atoms with Crippen molar-refractivity contribution in [3.8, 4) is 17.1 Å². The van der Waals surface area contributed by atoms with Crippen molar-refractivity contribution < 1.29 is 13.9 Å². The number of fused-ring (bicyclic) bond motifs is 3. The number of hydrogen-bond acceptors (Lipinski definition) is 9. The molecule has 10 heteroatoms. The van der Waals surface area contributed by atoms with Gasteiger partial charge in [0.05, 0.1) is 31.4 Å². The largest absolute Gasteiger partial charge is 0.481 e. The fourth-order valence-corrected chi connectivity index (χ4v) is 3.92. The van der Waals surface area contributed by atoms with Gasteiger partial charge >= 0.3 is 0 Å². The van der Waals surface area contributed by atoms with Gasteiger partial charge in [0.15, 0.2) is 11.4 Å². The number of aromatic amines is 1. The number of H-pyrrole nitrogens is 1. The van der Waals surface area contributed by atoms with E-state index in [9.17, 15) is 0 Å². The van der Waals surface area contributed by atoms with E-state index in [1.807, 2.05) is 42.5 Å². The molecule has 6 rings (SSSR count). The number of pyridine rings is 1. The molecule has 1 saturated heterocycles. The Morgan fingerprint density at radius 3 is 2.70 bits per heavy atom. The molecule has 5 aromatic rings. The van der Waals surface area contributed by atoms with Gasteiger partial charge in [-0.05, 0) is 6.07 Å². The normalized spacial score (nSPS) is 14.2. The fourth-order valence-electron chi connectivity index (χ4n) is 3.92. The van der Waals surface area contributed by atoms with Gasteiger partial charge in [-0.15, -0.1) is 0 Å². The molecule has 0 unspecified atom stereocenters. The fraction of sp³-hybridized carbons (Fsp3) is 0.217. The minimum atomic E-state index is 0.436. The average Bonchev–Trinajstić information content (AvgIpc) is 3.49. The smallest absolute Gasteiger partial charge is 0.232 e. The average molecular weight is 443 g/mol. The molecule has 4 aromatic heterocycles. The van der Waals surface area contributed by atoms with Crippen LogP contribution in [0.15, 0.2) is 52.9 Å². The lowest BCUT2D eigenvalue weighted by Gasteiger charge is -2.27. The monoisotopic (exact) mass is 443 g/mol. The Morgan fingerprint density at radius 1 is 1.03 bits per heavy atom. The Kier molecular flexibility index (Phi) is 4.76. The van der Waals surface area contributed by atoms with E-state index in [0.29, 0.717) is 66.6 Å². The number of hydrogen-bond donors (Lipinski definition) is 2. The number of anilines is 3. The minimum Gasteiger partial charge on any atom is -0.481 e. The van der Waals surface area contributed by atoms with Gasteiger partial charge in [-0.3, -0.25) is 5.10 Å². The molecule has 166 valence electrons. The third-order valence-electron chi connectivity index (χ3n) is 5.55. The molecule has 0 aliphatic carbocycles. The van der Waals surface area contributed by atoms with Crippen molar-refractivity contribution in [3.63, 3.8) is 0 Å². The minimum absolute atomic E-state index is 0.436. The molecule has 0 bridgehead atoms. The topological polar surface area (TPSA) is 114 Å². The number of morpholine rings is 1. The molecule has 5 heterocycles. The van der Waals surface area contributed by atoms with Crippen LogP contribution in [0.1, 0.15) is 0 Å². The molecule has 1 aliphatic rings. The molecule has 1 aromatic carbocycles. The van der Waals surface area contributed by atoms with E-state index >= 15 is 0 Å². The maximum atomic E-state index is 6.10. The Balaban J connectivity index is 1.43. The zero-order valence-electron chi connectivity index (χ0n) is 17.9. The van der Waals surface area contributed by atoms with E-state index in [-0.39, 0.29) is 0 Å². The molecule has 10 nitrogen and oxygen atoms in total. The number of benzene rings is 1. The second kappa shape index (κ2) is 8.06. The molecule has 1 fully saturated rings. The standard InChI is InChI=1S/C23H21N7O3/c1-31-18-8-7-15-19-20(33-22(15)25-18)21(30-9-11-32-12-10-30)27-23(26-19)24-17-13-16(28-29-17)14-5-3-2-4-6-14/h2-8,13H,9-12H2,1H3,(H2,24,26,27,28,29). The Morgan fingerprint density at radius 2 is 1.88 bits per heavy atom. The van der Waals surface area contributed by atoms with E-state index < -0.39 is 0 Å². The van der Waals surface area contributed by atoms with Crippen molar-refractivity contribution in [2.75, 3.05) is 43.6 Å². The molecular weight excluding hydrogens is 422 g/mol.